The zero-order chi connectivity index (χ0) is 33.7. The number of anilines is 2. The quantitative estimate of drug-likeness (QED) is 0.126. The summed E-state index contributed by atoms with van der Waals surface area (Å²) in [5.74, 6) is 0.222. The topological polar surface area (TPSA) is 179 Å². The first-order chi connectivity index (χ1) is 23.4. The van der Waals surface area contributed by atoms with Crippen molar-refractivity contribution < 1.29 is 14.7 Å². The van der Waals surface area contributed by atoms with E-state index in [1.807, 2.05) is 47.1 Å². The van der Waals surface area contributed by atoms with Crippen LogP contribution in [-0.4, -0.2) is 105 Å². The number of carboxylic acid groups (broad SMARTS) is 1. The van der Waals surface area contributed by atoms with Crippen LogP contribution in [0.4, 0.5) is 11.8 Å². The molecule has 1 aromatic carbocycles. The Morgan fingerprint density at radius 1 is 1.02 bits per heavy atom. The molecule has 0 radical (unpaired) electrons. The molecule has 2 fully saturated rings. The summed E-state index contributed by atoms with van der Waals surface area (Å²) in [5.41, 5.74) is 7.27. The van der Waals surface area contributed by atoms with Crippen LogP contribution in [0.2, 0.25) is 0 Å². The van der Waals surface area contributed by atoms with E-state index in [0.717, 1.165) is 80.3 Å². The van der Waals surface area contributed by atoms with Gasteiger partial charge in [0.25, 0.3) is 0 Å². The molecule has 0 spiro atoms. The SMILES string of the molecule is CN(Cc1cn(CCCNCCCNC2CCCCC2)nn1)c1nc(NC2CCN(C(=O)CC[C@H](N)C(=O)O)CC2)c2ccccc2n1. The minimum Gasteiger partial charge on any atom is -0.480 e. The van der Waals surface area contributed by atoms with Crippen LogP contribution in [0.25, 0.3) is 10.9 Å². The van der Waals surface area contributed by atoms with E-state index >= 15 is 0 Å². The third kappa shape index (κ3) is 10.6. The van der Waals surface area contributed by atoms with E-state index in [1.54, 1.807) is 4.90 Å². The standard InChI is InChI=1S/C34H53N11O3/c1-43(23-27-24-45(42-41-27)20-8-18-36-17-7-19-37-25-9-3-2-4-10-25)34-39-30-12-6-5-11-28(30)32(40-34)38-26-15-21-44(22-16-26)31(46)14-13-29(35)33(47)48/h5-6,11-12,24-26,29,36-37H,2-4,7-10,13-23,35H2,1H3,(H,47,48)(H,38,39,40)/t29-/m0/s1. The number of para-hydroxylation sites is 1. The largest absolute Gasteiger partial charge is 0.480 e. The molecule has 5 rings (SSSR count). The number of aliphatic carboxylic acids is 1. The molecule has 14 heteroatoms. The summed E-state index contributed by atoms with van der Waals surface area (Å²) in [4.78, 5) is 37.1. The second-order valence-corrected chi connectivity index (χ2v) is 13.2. The van der Waals surface area contributed by atoms with Crippen molar-refractivity contribution in [1.29, 1.82) is 0 Å². The van der Waals surface area contributed by atoms with E-state index in [9.17, 15) is 9.59 Å². The Labute approximate surface area is 283 Å². The summed E-state index contributed by atoms with van der Waals surface area (Å²) in [5, 5.41) is 29.5. The highest BCUT2D eigenvalue weighted by molar-refractivity contribution is 5.90. The molecule has 0 unspecified atom stereocenters. The smallest absolute Gasteiger partial charge is 0.320 e. The van der Waals surface area contributed by atoms with Gasteiger partial charge >= 0.3 is 5.97 Å². The lowest BCUT2D eigenvalue weighted by molar-refractivity contribution is -0.139. The maximum absolute atomic E-state index is 12.6. The van der Waals surface area contributed by atoms with Gasteiger partial charge in [0.2, 0.25) is 11.9 Å². The van der Waals surface area contributed by atoms with Gasteiger partial charge in [-0.05, 0) is 76.7 Å². The molecule has 48 heavy (non-hydrogen) atoms. The maximum atomic E-state index is 12.6. The van der Waals surface area contributed by atoms with Crippen LogP contribution in [0.15, 0.2) is 30.5 Å². The predicted octanol–water partition coefficient (Wildman–Crippen LogP) is 2.74. The molecule has 2 aliphatic rings. The lowest BCUT2D eigenvalue weighted by Crippen LogP contribution is -2.43. The maximum Gasteiger partial charge on any atom is 0.320 e. The van der Waals surface area contributed by atoms with Gasteiger partial charge in [0.15, 0.2) is 0 Å². The van der Waals surface area contributed by atoms with Crippen molar-refractivity contribution >= 4 is 34.5 Å². The number of hydrogen-bond donors (Lipinski definition) is 5. The Bertz CT molecular complexity index is 1450. The highest BCUT2D eigenvalue weighted by atomic mass is 16.4. The first-order valence-corrected chi connectivity index (χ1v) is 17.7. The molecule has 1 aliphatic heterocycles. The van der Waals surface area contributed by atoms with Crippen molar-refractivity contribution in [3.05, 3.63) is 36.2 Å². The van der Waals surface area contributed by atoms with Crippen LogP contribution in [-0.2, 0) is 22.7 Å². The number of nitrogens with one attached hydrogen (secondary N) is 3. The molecule has 1 saturated carbocycles. The number of piperidine rings is 1. The van der Waals surface area contributed by atoms with Gasteiger partial charge in [-0.15, -0.1) is 5.10 Å². The van der Waals surface area contributed by atoms with Gasteiger partial charge in [-0.3, -0.25) is 14.3 Å². The van der Waals surface area contributed by atoms with Crippen molar-refractivity contribution in [2.75, 3.05) is 50.0 Å². The first-order valence-electron chi connectivity index (χ1n) is 17.7. The van der Waals surface area contributed by atoms with Gasteiger partial charge in [-0.1, -0.05) is 36.6 Å². The number of likely N-dealkylation sites (tertiary alicyclic amines) is 1. The molecular formula is C34H53N11O3. The summed E-state index contributed by atoms with van der Waals surface area (Å²) in [7, 11) is 1.96. The molecule has 0 bridgehead atoms. The van der Waals surface area contributed by atoms with Crippen molar-refractivity contribution in [1.82, 2.24) is 40.5 Å². The number of benzene rings is 1. The second kappa shape index (κ2) is 18.0. The average molecular weight is 664 g/mol. The Hall–Kier alpha value is -3.88. The minimum atomic E-state index is -1.08. The minimum absolute atomic E-state index is 0.0526. The summed E-state index contributed by atoms with van der Waals surface area (Å²) >= 11 is 0. The van der Waals surface area contributed by atoms with Crippen molar-refractivity contribution in [2.45, 2.75) is 102 Å². The van der Waals surface area contributed by atoms with Crippen LogP contribution in [0, 0.1) is 0 Å². The molecule has 1 saturated heterocycles. The van der Waals surface area contributed by atoms with E-state index < -0.39 is 12.0 Å². The molecule has 1 amide bonds. The molecular weight excluding hydrogens is 610 g/mol. The van der Waals surface area contributed by atoms with E-state index in [2.05, 4.69) is 26.3 Å². The van der Waals surface area contributed by atoms with Gasteiger partial charge < -0.3 is 36.6 Å². The van der Waals surface area contributed by atoms with Crippen LogP contribution in [0.1, 0.15) is 76.3 Å². The fourth-order valence-electron chi connectivity index (χ4n) is 6.52. The van der Waals surface area contributed by atoms with Crippen molar-refractivity contribution in [3.8, 4) is 0 Å². The third-order valence-electron chi connectivity index (χ3n) is 9.40. The van der Waals surface area contributed by atoms with Crippen LogP contribution < -0.4 is 26.6 Å². The molecule has 2 aromatic heterocycles. The number of carboxylic acids is 1. The van der Waals surface area contributed by atoms with Gasteiger partial charge in [0, 0.05) is 50.6 Å². The molecule has 3 aromatic rings. The average Bonchev–Trinajstić information content (AvgIpc) is 3.55. The third-order valence-corrected chi connectivity index (χ3v) is 9.40. The van der Waals surface area contributed by atoms with Crippen molar-refractivity contribution in [3.63, 3.8) is 0 Å². The lowest BCUT2D eigenvalue weighted by atomic mass is 9.95. The van der Waals surface area contributed by atoms with E-state index in [1.165, 1.54) is 32.1 Å². The summed E-state index contributed by atoms with van der Waals surface area (Å²) in [6.45, 7) is 5.60. The van der Waals surface area contributed by atoms with E-state index in [0.29, 0.717) is 25.6 Å². The number of aryl methyl sites for hydroxylation is 1. The van der Waals surface area contributed by atoms with Gasteiger partial charge in [0.05, 0.1) is 18.3 Å². The number of hydrogen-bond acceptors (Lipinski definition) is 11. The Morgan fingerprint density at radius 2 is 1.79 bits per heavy atom. The zero-order valence-electron chi connectivity index (χ0n) is 28.3. The second-order valence-electron chi connectivity index (χ2n) is 13.2. The number of carbonyl (C=O) groups excluding carboxylic acids is 1. The fraction of sp³-hybridized carbons (Fsp3) is 0.647. The summed E-state index contributed by atoms with van der Waals surface area (Å²) in [6.07, 6.45) is 12.7. The Kier molecular flexibility index (Phi) is 13.3. The summed E-state index contributed by atoms with van der Waals surface area (Å²) < 4.78 is 1.90. The number of fused-ring (bicyclic) bond motifs is 1. The van der Waals surface area contributed by atoms with Crippen molar-refractivity contribution in [2.24, 2.45) is 5.73 Å². The van der Waals surface area contributed by atoms with E-state index in [4.69, 9.17) is 20.8 Å². The van der Waals surface area contributed by atoms with Crippen LogP contribution >= 0.6 is 0 Å². The molecule has 262 valence electrons. The number of amides is 1. The highest BCUT2D eigenvalue weighted by Crippen LogP contribution is 2.26. The Morgan fingerprint density at radius 3 is 2.58 bits per heavy atom. The predicted molar refractivity (Wildman–Crippen MR) is 187 cm³/mol. The van der Waals surface area contributed by atoms with Gasteiger partial charge in [0.1, 0.15) is 17.6 Å². The van der Waals surface area contributed by atoms with Gasteiger partial charge in [-0.2, -0.15) is 4.98 Å². The number of carbonyl (C=O) groups is 2. The fourth-order valence-corrected chi connectivity index (χ4v) is 6.52. The normalized spacial score (nSPS) is 16.7. The molecule has 1 atom stereocenters. The first kappa shape index (κ1) is 35.4. The molecule has 3 heterocycles. The zero-order valence-corrected chi connectivity index (χ0v) is 28.3. The molecule has 14 nitrogen and oxygen atoms in total. The summed E-state index contributed by atoms with van der Waals surface area (Å²) in [6, 6.07) is 7.80. The highest BCUT2D eigenvalue weighted by Gasteiger charge is 2.25. The number of nitrogens with two attached hydrogens (primary N) is 1. The van der Waals surface area contributed by atoms with Crippen LogP contribution in [0.3, 0.4) is 0 Å². The number of rotatable bonds is 18. The van der Waals surface area contributed by atoms with Crippen LogP contribution in [0.5, 0.6) is 0 Å². The van der Waals surface area contributed by atoms with E-state index in [-0.39, 0.29) is 24.8 Å². The van der Waals surface area contributed by atoms with Gasteiger partial charge in [-0.25, -0.2) is 4.98 Å². The molecule has 6 N–H and O–H groups in total. The Balaban J connectivity index is 1.06. The molecule has 1 aliphatic carbocycles. The number of nitrogens with zero attached hydrogens (tertiary/aromatic N) is 7. The lowest BCUT2D eigenvalue weighted by Gasteiger charge is -2.33. The monoisotopic (exact) mass is 663 g/mol. The number of aromatic nitrogens is 5.